The van der Waals surface area contributed by atoms with Crippen molar-refractivity contribution >= 4 is 11.8 Å². The lowest BCUT2D eigenvalue weighted by Crippen LogP contribution is -2.19. The van der Waals surface area contributed by atoms with Gasteiger partial charge in [-0.3, -0.25) is 0 Å². The van der Waals surface area contributed by atoms with E-state index in [9.17, 15) is 0 Å². The van der Waals surface area contributed by atoms with Crippen LogP contribution >= 0.6 is 11.8 Å². The van der Waals surface area contributed by atoms with Gasteiger partial charge >= 0.3 is 0 Å². The number of rotatable bonds is 7. The Hall–Kier alpha value is -0.550. The highest BCUT2D eigenvalue weighted by atomic mass is 32.2. The lowest BCUT2D eigenvalue weighted by Gasteiger charge is -2.05. The molecule has 1 aromatic heterocycles. The van der Waals surface area contributed by atoms with E-state index in [-0.39, 0.29) is 0 Å². The van der Waals surface area contributed by atoms with E-state index in [1.54, 1.807) is 6.33 Å². The first kappa shape index (κ1) is 11.0. The van der Waals surface area contributed by atoms with Gasteiger partial charge < -0.3 is 5.32 Å². The fourth-order valence-corrected chi connectivity index (χ4v) is 2.02. The molecule has 4 nitrogen and oxygen atoms in total. The van der Waals surface area contributed by atoms with E-state index in [2.05, 4.69) is 22.3 Å². The maximum atomic E-state index is 4.27. The van der Waals surface area contributed by atoms with Gasteiger partial charge in [0.15, 0.2) is 0 Å². The van der Waals surface area contributed by atoms with Crippen molar-refractivity contribution in [1.29, 1.82) is 0 Å². The standard InChI is InChI=1S/C10H18N4S/c1-2-15-6-5-14-10(12-8-13-14)7-11-9-3-4-9/h8-9,11H,2-7H2,1H3. The second-order valence-electron chi connectivity index (χ2n) is 3.75. The molecular formula is C10H18N4S. The summed E-state index contributed by atoms with van der Waals surface area (Å²) in [5, 5.41) is 7.70. The molecule has 0 amide bonds. The van der Waals surface area contributed by atoms with Gasteiger partial charge in [0.25, 0.3) is 0 Å². The quantitative estimate of drug-likeness (QED) is 0.711. The zero-order valence-corrected chi connectivity index (χ0v) is 9.96. The third-order valence-corrected chi connectivity index (χ3v) is 3.35. The van der Waals surface area contributed by atoms with Crippen molar-refractivity contribution in [3.05, 3.63) is 12.2 Å². The fraction of sp³-hybridized carbons (Fsp3) is 0.800. The molecule has 0 saturated heterocycles. The van der Waals surface area contributed by atoms with Crippen LogP contribution in [0.25, 0.3) is 0 Å². The molecule has 2 rings (SSSR count). The molecule has 1 aliphatic rings. The Bertz CT molecular complexity index is 295. The Balaban J connectivity index is 1.78. The van der Waals surface area contributed by atoms with Crippen molar-refractivity contribution in [2.75, 3.05) is 11.5 Å². The van der Waals surface area contributed by atoms with Gasteiger partial charge in [-0.2, -0.15) is 16.9 Å². The number of nitrogens with zero attached hydrogens (tertiary/aromatic N) is 3. The highest BCUT2D eigenvalue weighted by molar-refractivity contribution is 7.99. The van der Waals surface area contributed by atoms with Gasteiger partial charge in [-0.25, -0.2) is 9.67 Å². The Morgan fingerprint density at radius 1 is 1.60 bits per heavy atom. The molecule has 0 bridgehead atoms. The summed E-state index contributed by atoms with van der Waals surface area (Å²) in [7, 11) is 0. The van der Waals surface area contributed by atoms with Crippen molar-refractivity contribution in [2.24, 2.45) is 0 Å². The minimum atomic E-state index is 0.736. The number of aromatic nitrogens is 3. The van der Waals surface area contributed by atoms with Gasteiger partial charge in [-0.05, 0) is 18.6 Å². The third-order valence-electron chi connectivity index (χ3n) is 2.47. The van der Waals surface area contributed by atoms with Crippen molar-refractivity contribution in [2.45, 2.75) is 38.9 Å². The molecule has 1 aromatic rings. The highest BCUT2D eigenvalue weighted by Crippen LogP contribution is 2.18. The Labute approximate surface area is 94.8 Å². The Morgan fingerprint density at radius 2 is 2.47 bits per heavy atom. The van der Waals surface area contributed by atoms with Crippen LogP contribution in [0.2, 0.25) is 0 Å². The summed E-state index contributed by atoms with van der Waals surface area (Å²) in [6.07, 6.45) is 4.29. The topological polar surface area (TPSA) is 42.7 Å². The number of thioether (sulfide) groups is 1. The molecule has 1 aliphatic carbocycles. The van der Waals surface area contributed by atoms with Crippen LogP contribution in [0.3, 0.4) is 0 Å². The van der Waals surface area contributed by atoms with Crippen LogP contribution in [0.5, 0.6) is 0 Å². The van der Waals surface area contributed by atoms with E-state index < -0.39 is 0 Å². The van der Waals surface area contributed by atoms with Crippen LogP contribution in [-0.4, -0.2) is 32.3 Å². The number of aryl methyl sites for hydroxylation is 1. The minimum Gasteiger partial charge on any atom is -0.307 e. The smallest absolute Gasteiger partial charge is 0.140 e. The van der Waals surface area contributed by atoms with Crippen LogP contribution < -0.4 is 5.32 Å². The third kappa shape index (κ3) is 3.50. The molecule has 15 heavy (non-hydrogen) atoms. The van der Waals surface area contributed by atoms with Gasteiger partial charge in [0.1, 0.15) is 12.2 Å². The van der Waals surface area contributed by atoms with Crippen molar-refractivity contribution in [1.82, 2.24) is 20.1 Å². The molecule has 0 atom stereocenters. The maximum absolute atomic E-state index is 4.27. The predicted molar refractivity (Wildman–Crippen MR) is 62.9 cm³/mol. The van der Waals surface area contributed by atoms with Crippen molar-refractivity contribution in [3.63, 3.8) is 0 Å². The zero-order chi connectivity index (χ0) is 10.5. The molecule has 5 heteroatoms. The summed E-state index contributed by atoms with van der Waals surface area (Å²) in [5.74, 6) is 3.36. The van der Waals surface area contributed by atoms with Gasteiger partial charge in [0.2, 0.25) is 0 Å². The van der Waals surface area contributed by atoms with Crippen LogP contribution in [0.4, 0.5) is 0 Å². The van der Waals surface area contributed by atoms with E-state index in [4.69, 9.17) is 0 Å². The maximum Gasteiger partial charge on any atom is 0.140 e. The van der Waals surface area contributed by atoms with E-state index in [0.29, 0.717) is 0 Å². The second kappa shape index (κ2) is 5.51. The summed E-state index contributed by atoms with van der Waals surface area (Å²) >= 11 is 1.94. The van der Waals surface area contributed by atoms with Crippen LogP contribution in [0.1, 0.15) is 25.6 Å². The zero-order valence-electron chi connectivity index (χ0n) is 9.15. The van der Waals surface area contributed by atoms with E-state index in [0.717, 1.165) is 30.7 Å². The molecule has 0 aliphatic heterocycles. The Kier molecular flexibility index (Phi) is 4.02. The lowest BCUT2D eigenvalue weighted by molar-refractivity contribution is 0.574. The first-order chi connectivity index (χ1) is 7.40. The Morgan fingerprint density at radius 3 is 3.20 bits per heavy atom. The molecule has 1 fully saturated rings. The summed E-state index contributed by atoms with van der Waals surface area (Å²) < 4.78 is 2.01. The lowest BCUT2D eigenvalue weighted by atomic mass is 10.5. The predicted octanol–water partition coefficient (Wildman–Crippen LogP) is 1.28. The van der Waals surface area contributed by atoms with E-state index in [1.165, 1.54) is 18.6 Å². The number of hydrogen-bond acceptors (Lipinski definition) is 4. The fourth-order valence-electron chi connectivity index (χ4n) is 1.43. The van der Waals surface area contributed by atoms with Gasteiger partial charge in [-0.1, -0.05) is 6.92 Å². The van der Waals surface area contributed by atoms with Gasteiger partial charge in [0, 0.05) is 11.8 Å². The molecule has 0 radical (unpaired) electrons. The highest BCUT2D eigenvalue weighted by Gasteiger charge is 2.20. The molecule has 0 unspecified atom stereocenters. The normalized spacial score (nSPS) is 15.8. The first-order valence-electron chi connectivity index (χ1n) is 5.58. The van der Waals surface area contributed by atoms with Gasteiger partial charge in [-0.15, -0.1) is 0 Å². The van der Waals surface area contributed by atoms with Gasteiger partial charge in [0.05, 0.1) is 13.1 Å². The molecule has 1 saturated carbocycles. The summed E-state index contributed by atoms with van der Waals surface area (Å²) in [6.45, 7) is 4.02. The molecule has 1 heterocycles. The number of nitrogens with one attached hydrogen (secondary N) is 1. The summed E-state index contributed by atoms with van der Waals surface area (Å²) in [6, 6.07) is 0.736. The molecule has 84 valence electrons. The monoisotopic (exact) mass is 226 g/mol. The van der Waals surface area contributed by atoms with Crippen LogP contribution in [-0.2, 0) is 13.1 Å². The van der Waals surface area contributed by atoms with Crippen molar-refractivity contribution < 1.29 is 0 Å². The average Bonchev–Trinajstić information content (AvgIpc) is 2.97. The van der Waals surface area contributed by atoms with Crippen LogP contribution in [0, 0.1) is 0 Å². The van der Waals surface area contributed by atoms with Crippen molar-refractivity contribution in [3.8, 4) is 0 Å². The van der Waals surface area contributed by atoms with Crippen LogP contribution in [0.15, 0.2) is 6.33 Å². The first-order valence-corrected chi connectivity index (χ1v) is 6.73. The minimum absolute atomic E-state index is 0.736. The van der Waals surface area contributed by atoms with E-state index >= 15 is 0 Å². The molecule has 0 spiro atoms. The second-order valence-corrected chi connectivity index (χ2v) is 5.15. The summed E-state index contributed by atoms with van der Waals surface area (Å²) in [5.41, 5.74) is 0. The number of hydrogen-bond donors (Lipinski definition) is 1. The largest absolute Gasteiger partial charge is 0.307 e. The van der Waals surface area contributed by atoms with E-state index in [1.807, 2.05) is 16.4 Å². The molecular weight excluding hydrogens is 208 g/mol. The summed E-state index contributed by atoms with van der Waals surface area (Å²) in [4.78, 5) is 4.27. The molecule has 1 N–H and O–H groups in total. The average molecular weight is 226 g/mol. The molecule has 0 aromatic carbocycles. The SMILES string of the molecule is CCSCCn1ncnc1CNC1CC1.